The van der Waals surface area contributed by atoms with Gasteiger partial charge in [0.05, 0.1) is 12.1 Å². The number of aryl methyl sites for hydroxylation is 1. The Morgan fingerprint density at radius 3 is 2.37 bits per heavy atom. The molecule has 2 aromatic carbocycles. The van der Waals surface area contributed by atoms with Gasteiger partial charge in [-0.1, -0.05) is 60.7 Å². The molecule has 0 saturated carbocycles. The molecular weight excluding hydrogens is 332 g/mol. The number of piperazine rings is 1. The first kappa shape index (κ1) is 17.8. The van der Waals surface area contributed by atoms with E-state index in [1.165, 1.54) is 5.56 Å². The van der Waals surface area contributed by atoms with Gasteiger partial charge < -0.3 is 0 Å². The van der Waals surface area contributed by atoms with Crippen LogP contribution in [0.1, 0.15) is 17.1 Å². The van der Waals surface area contributed by atoms with Crippen molar-refractivity contribution in [2.45, 2.75) is 13.5 Å². The first-order chi connectivity index (χ1) is 13.3. The Hall–Kier alpha value is -2.56. The highest BCUT2D eigenvalue weighted by molar-refractivity contribution is 5.80. The molecule has 2 heterocycles. The molecule has 27 heavy (non-hydrogen) atoms. The standard InChI is InChI=1S/C23H26N4/c1-19-21-11-5-6-12-22(21)25-23(24-19)18-27-16-14-26(15-17-27)13-7-10-20-8-3-2-4-9-20/h2-12H,13-18H2,1H3/b10-7+. The summed E-state index contributed by atoms with van der Waals surface area (Å²) >= 11 is 0. The van der Waals surface area contributed by atoms with Gasteiger partial charge in [-0.3, -0.25) is 9.80 Å². The lowest BCUT2D eigenvalue weighted by atomic mass is 10.2. The zero-order chi connectivity index (χ0) is 18.5. The highest BCUT2D eigenvalue weighted by Gasteiger charge is 2.17. The predicted octanol–water partition coefficient (Wildman–Crippen LogP) is 3.77. The molecule has 4 heteroatoms. The molecule has 138 valence electrons. The fourth-order valence-corrected chi connectivity index (χ4v) is 3.60. The van der Waals surface area contributed by atoms with E-state index in [1.54, 1.807) is 0 Å². The normalized spacial score (nSPS) is 16.3. The van der Waals surface area contributed by atoms with Crippen LogP contribution in [0.15, 0.2) is 60.7 Å². The topological polar surface area (TPSA) is 32.3 Å². The van der Waals surface area contributed by atoms with Gasteiger partial charge in [0.1, 0.15) is 5.82 Å². The van der Waals surface area contributed by atoms with E-state index in [-0.39, 0.29) is 0 Å². The third-order valence-electron chi connectivity index (χ3n) is 5.14. The molecule has 0 aliphatic carbocycles. The maximum Gasteiger partial charge on any atom is 0.143 e. The average Bonchev–Trinajstić information content (AvgIpc) is 2.70. The molecule has 0 spiro atoms. The second-order valence-electron chi connectivity index (χ2n) is 7.13. The van der Waals surface area contributed by atoms with Gasteiger partial charge in [0.15, 0.2) is 0 Å². The van der Waals surface area contributed by atoms with Crippen molar-refractivity contribution in [2.24, 2.45) is 0 Å². The van der Waals surface area contributed by atoms with Crippen LogP contribution in [0, 0.1) is 6.92 Å². The molecule has 0 bridgehead atoms. The van der Waals surface area contributed by atoms with Crippen LogP contribution in [0.2, 0.25) is 0 Å². The minimum atomic E-state index is 0.833. The van der Waals surface area contributed by atoms with E-state index in [9.17, 15) is 0 Å². The van der Waals surface area contributed by atoms with Crippen molar-refractivity contribution < 1.29 is 0 Å². The molecule has 0 unspecified atom stereocenters. The molecule has 1 fully saturated rings. The smallest absolute Gasteiger partial charge is 0.143 e. The molecule has 0 atom stereocenters. The fourth-order valence-electron chi connectivity index (χ4n) is 3.60. The lowest BCUT2D eigenvalue weighted by Crippen LogP contribution is -2.46. The largest absolute Gasteiger partial charge is 0.297 e. The minimum absolute atomic E-state index is 0.833. The van der Waals surface area contributed by atoms with Gasteiger partial charge in [-0.2, -0.15) is 0 Å². The zero-order valence-electron chi connectivity index (χ0n) is 15.9. The maximum atomic E-state index is 4.75. The zero-order valence-corrected chi connectivity index (χ0v) is 15.9. The van der Waals surface area contributed by atoms with E-state index in [1.807, 2.05) is 12.1 Å². The van der Waals surface area contributed by atoms with Gasteiger partial charge in [0.25, 0.3) is 0 Å². The van der Waals surface area contributed by atoms with Crippen molar-refractivity contribution >= 4 is 17.0 Å². The minimum Gasteiger partial charge on any atom is -0.297 e. The Bertz CT molecular complexity index is 912. The Morgan fingerprint density at radius 2 is 1.56 bits per heavy atom. The number of rotatable bonds is 5. The van der Waals surface area contributed by atoms with E-state index < -0.39 is 0 Å². The van der Waals surface area contributed by atoms with Crippen molar-refractivity contribution in [3.05, 3.63) is 77.8 Å². The van der Waals surface area contributed by atoms with Crippen LogP contribution in [0.25, 0.3) is 17.0 Å². The maximum absolute atomic E-state index is 4.75. The van der Waals surface area contributed by atoms with E-state index in [0.29, 0.717) is 0 Å². The van der Waals surface area contributed by atoms with Crippen LogP contribution in [0.4, 0.5) is 0 Å². The molecule has 0 amide bonds. The number of hydrogen-bond donors (Lipinski definition) is 0. The highest BCUT2D eigenvalue weighted by Crippen LogP contribution is 2.16. The second-order valence-corrected chi connectivity index (χ2v) is 7.13. The van der Waals surface area contributed by atoms with Gasteiger partial charge in [0.2, 0.25) is 0 Å². The SMILES string of the molecule is Cc1nc(CN2CCN(C/C=C/c3ccccc3)CC2)nc2ccccc12. The Morgan fingerprint density at radius 1 is 0.852 bits per heavy atom. The lowest BCUT2D eigenvalue weighted by Gasteiger charge is -2.33. The fraction of sp³-hybridized carbons (Fsp3) is 0.304. The van der Waals surface area contributed by atoms with Crippen LogP contribution in [0.3, 0.4) is 0 Å². The number of fused-ring (bicyclic) bond motifs is 1. The van der Waals surface area contributed by atoms with Crippen LogP contribution >= 0.6 is 0 Å². The molecule has 3 aromatic rings. The van der Waals surface area contributed by atoms with E-state index in [0.717, 1.165) is 61.7 Å². The molecule has 1 aromatic heterocycles. The summed E-state index contributed by atoms with van der Waals surface area (Å²) in [5, 5.41) is 1.15. The molecule has 1 aliphatic heterocycles. The van der Waals surface area contributed by atoms with Crippen molar-refractivity contribution in [1.82, 2.24) is 19.8 Å². The number of benzene rings is 2. The number of para-hydroxylation sites is 1. The van der Waals surface area contributed by atoms with Crippen molar-refractivity contribution in [1.29, 1.82) is 0 Å². The molecule has 1 aliphatic rings. The summed E-state index contributed by atoms with van der Waals surface area (Å²) in [7, 11) is 0. The predicted molar refractivity (Wildman–Crippen MR) is 111 cm³/mol. The van der Waals surface area contributed by atoms with Gasteiger partial charge >= 0.3 is 0 Å². The van der Waals surface area contributed by atoms with E-state index in [4.69, 9.17) is 9.97 Å². The van der Waals surface area contributed by atoms with Crippen LogP contribution in [-0.2, 0) is 6.54 Å². The quantitative estimate of drug-likeness (QED) is 0.695. The summed E-state index contributed by atoms with van der Waals surface area (Å²) in [6.07, 6.45) is 4.47. The summed E-state index contributed by atoms with van der Waals surface area (Å²) in [6, 6.07) is 18.7. The van der Waals surface area contributed by atoms with Crippen LogP contribution < -0.4 is 0 Å². The first-order valence-corrected chi connectivity index (χ1v) is 9.66. The molecule has 0 N–H and O–H groups in total. The Balaban J connectivity index is 1.30. The molecular formula is C23H26N4. The van der Waals surface area contributed by atoms with Gasteiger partial charge in [-0.05, 0) is 18.6 Å². The van der Waals surface area contributed by atoms with Crippen molar-refractivity contribution in [3.8, 4) is 0 Å². The monoisotopic (exact) mass is 358 g/mol. The van der Waals surface area contributed by atoms with E-state index >= 15 is 0 Å². The lowest BCUT2D eigenvalue weighted by molar-refractivity contribution is 0.134. The third-order valence-corrected chi connectivity index (χ3v) is 5.14. The molecule has 0 radical (unpaired) electrons. The number of hydrogen-bond acceptors (Lipinski definition) is 4. The van der Waals surface area contributed by atoms with Crippen LogP contribution in [-0.4, -0.2) is 52.5 Å². The van der Waals surface area contributed by atoms with E-state index in [2.05, 4.69) is 71.3 Å². The summed E-state index contributed by atoms with van der Waals surface area (Å²) in [6.45, 7) is 8.22. The highest BCUT2D eigenvalue weighted by atomic mass is 15.3. The van der Waals surface area contributed by atoms with Gasteiger partial charge in [-0.15, -0.1) is 0 Å². The Kier molecular flexibility index (Phi) is 5.56. The summed E-state index contributed by atoms with van der Waals surface area (Å²) in [5.74, 6) is 0.934. The Labute approximate surface area is 161 Å². The second kappa shape index (κ2) is 8.42. The number of aromatic nitrogens is 2. The summed E-state index contributed by atoms with van der Waals surface area (Å²) in [4.78, 5) is 14.4. The molecule has 4 rings (SSSR count). The van der Waals surface area contributed by atoms with Gasteiger partial charge in [-0.25, -0.2) is 9.97 Å². The summed E-state index contributed by atoms with van der Waals surface area (Å²) < 4.78 is 0. The van der Waals surface area contributed by atoms with Gasteiger partial charge in [0, 0.05) is 43.8 Å². The van der Waals surface area contributed by atoms with Crippen molar-refractivity contribution in [3.63, 3.8) is 0 Å². The molecule has 4 nitrogen and oxygen atoms in total. The van der Waals surface area contributed by atoms with Crippen LogP contribution in [0.5, 0.6) is 0 Å². The van der Waals surface area contributed by atoms with Crippen molar-refractivity contribution in [2.75, 3.05) is 32.7 Å². The number of nitrogens with zero attached hydrogens (tertiary/aromatic N) is 4. The first-order valence-electron chi connectivity index (χ1n) is 9.66. The summed E-state index contributed by atoms with van der Waals surface area (Å²) in [5.41, 5.74) is 3.38. The average molecular weight is 358 g/mol. The molecule has 1 saturated heterocycles. The third kappa shape index (κ3) is 4.59.